The van der Waals surface area contributed by atoms with Crippen LogP contribution in [0.2, 0.25) is 0 Å². The molecule has 0 radical (unpaired) electrons. The Morgan fingerprint density at radius 1 is 1.33 bits per heavy atom. The minimum absolute atomic E-state index is 0.0951. The first kappa shape index (κ1) is 14.1. The van der Waals surface area contributed by atoms with Crippen LogP contribution in [0.25, 0.3) is 0 Å². The fraction of sp³-hybridized carbons (Fsp3) is 0.385. The number of sulfone groups is 1. The Bertz CT molecular complexity index is 788. The maximum absolute atomic E-state index is 13.7. The van der Waals surface area contributed by atoms with Crippen molar-refractivity contribution in [2.75, 3.05) is 6.26 Å². The summed E-state index contributed by atoms with van der Waals surface area (Å²) in [4.78, 5) is 4.03. The lowest BCUT2D eigenvalue weighted by Crippen LogP contribution is -2.02. The van der Waals surface area contributed by atoms with Crippen LogP contribution in [0.3, 0.4) is 0 Å². The predicted octanol–water partition coefficient (Wildman–Crippen LogP) is 2.16. The van der Waals surface area contributed by atoms with Crippen LogP contribution >= 0.6 is 0 Å². The van der Waals surface area contributed by atoms with Gasteiger partial charge >= 0.3 is 0 Å². The van der Waals surface area contributed by atoms with E-state index in [2.05, 4.69) is 10.1 Å². The van der Waals surface area contributed by atoms with Crippen molar-refractivity contribution in [3.63, 3.8) is 0 Å². The second-order valence-corrected chi connectivity index (χ2v) is 7.37. The zero-order chi connectivity index (χ0) is 15.2. The molecule has 21 heavy (non-hydrogen) atoms. The van der Waals surface area contributed by atoms with Gasteiger partial charge in [0.25, 0.3) is 0 Å². The van der Waals surface area contributed by atoms with E-state index in [1.54, 1.807) is 0 Å². The fourth-order valence-electron chi connectivity index (χ4n) is 2.33. The quantitative estimate of drug-likeness (QED) is 0.864. The average Bonchev–Trinajstić information content (AvgIpc) is 3.00. The van der Waals surface area contributed by atoms with Crippen LogP contribution < -0.4 is 0 Å². The highest BCUT2D eigenvalue weighted by Crippen LogP contribution is 2.54. The van der Waals surface area contributed by atoms with Gasteiger partial charge in [-0.2, -0.15) is 4.98 Å². The standard InChI is InChI=1S/C13H12F2N2O3S/c1-21(18,19)6-12-16-13(20-17-12)10-5-9(10)8-3-2-7(14)4-11(8)15/h2-4,9-10H,5-6H2,1H3/t9-,10+/m0/s1. The van der Waals surface area contributed by atoms with Gasteiger partial charge in [-0.1, -0.05) is 11.2 Å². The van der Waals surface area contributed by atoms with Crippen molar-refractivity contribution in [3.05, 3.63) is 47.1 Å². The third-order valence-electron chi connectivity index (χ3n) is 3.34. The first-order valence-electron chi connectivity index (χ1n) is 6.28. The van der Waals surface area contributed by atoms with Crippen LogP contribution in [0.5, 0.6) is 0 Å². The molecule has 0 aliphatic heterocycles. The molecular weight excluding hydrogens is 302 g/mol. The highest BCUT2D eigenvalue weighted by Gasteiger charge is 2.45. The molecule has 0 N–H and O–H groups in total. The van der Waals surface area contributed by atoms with Crippen LogP contribution in [0.15, 0.2) is 22.7 Å². The first-order chi connectivity index (χ1) is 9.83. The SMILES string of the molecule is CS(=O)(=O)Cc1noc([C@@H]2C[C@H]2c2ccc(F)cc2F)n1. The van der Waals surface area contributed by atoms with Crippen molar-refractivity contribution in [1.29, 1.82) is 0 Å². The molecule has 1 saturated carbocycles. The van der Waals surface area contributed by atoms with Crippen LogP contribution in [0.4, 0.5) is 8.78 Å². The Kier molecular flexibility index (Phi) is 3.27. The third-order valence-corrected chi connectivity index (χ3v) is 4.13. The van der Waals surface area contributed by atoms with Crippen LogP contribution in [-0.4, -0.2) is 24.8 Å². The van der Waals surface area contributed by atoms with E-state index in [9.17, 15) is 17.2 Å². The van der Waals surface area contributed by atoms with E-state index in [4.69, 9.17) is 4.52 Å². The van der Waals surface area contributed by atoms with Gasteiger partial charge in [0, 0.05) is 18.2 Å². The molecule has 1 fully saturated rings. The predicted molar refractivity (Wildman–Crippen MR) is 69.3 cm³/mol. The molecule has 1 heterocycles. The Morgan fingerprint density at radius 3 is 2.76 bits per heavy atom. The Morgan fingerprint density at radius 2 is 2.10 bits per heavy atom. The number of hydrogen-bond donors (Lipinski definition) is 0. The lowest BCUT2D eigenvalue weighted by atomic mass is 10.1. The van der Waals surface area contributed by atoms with Crippen molar-refractivity contribution in [2.45, 2.75) is 24.0 Å². The van der Waals surface area contributed by atoms with E-state index >= 15 is 0 Å². The van der Waals surface area contributed by atoms with Crippen LogP contribution in [0.1, 0.15) is 35.5 Å². The minimum Gasteiger partial charge on any atom is -0.339 e. The summed E-state index contributed by atoms with van der Waals surface area (Å²) >= 11 is 0. The smallest absolute Gasteiger partial charge is 0.230 e. The number of halogens is 2. The monoisotopic (exact) mass is 314 g/mol. The highest BCUT2D eigenvalue weighted by molar-refractivity contribution is 7.89. The maximum atomic E-state index is 13.7. The summed E-state index contributed by atoms with van der Waals surface area (Å²) in [7, 11) is -3.23. The topological polar surface area (TPSA) is 73.1 Å². The number of aromatic nitrogens is 2. The molecular formula is C13H12F2N2O3S. The van der Waals surface area contributed by atoms with Crippen molar-refractivity contribution < 1.29 is 21.7 Å². The number of benzene rings is 1. The minimum atomic E-state index is -3.23. The van der Waals surface area contributed by atoms with Gasteiger partial charge in [0.2, 0.25) is 5.89 Å². The molecule has 1 aromatic heterocycles. The van der Waals surface area contributed by atoms with Crippen molar-refractivity contribution in [2.24, 2.45) is 0 Å². The van der Waals surface area contributed by atoms with E-state index in [1.165, 1.54) is 12.1 Å². The molecule has 0 saturated heterocycles. The van der Waals surface area contributed by atoms with Gasteiger partial charge in [0.05, 0.1) is 0 Å². The number of hydrogen-bond acceptors (Lipinski definition) is 5. The molecule has 1 aliphatic carbocycles. The molecule has 1 aromatic carbocycles. The summed E-state index contributed by atoms with van der Waals surface area (Å²) in [6.45, 7) is 0. The van der Waals surface area contributed by atoms with Crippen LogP contribution in [-0.2, 0) is 15.6 Å². The molecule has 5 nitrogen and oxygen atoms in total. The maximum Gasteiger partial charge on any atom is 0.230 e. The number of rotatable bonds is 4. The van der Waals surface area contributed by atoms with Gasteiger partial charge < -0.3 is 4.52 Å². The molecule has 1 aliphatic rings. The zero-order valence-electron chi connectivity index (χ0n) is 11.1. The molecule has 2 aromatic rings. The van der Waals surface area contributed by atoms with Crippen molar-refractivity contribution in [1.82, 2.24) is 10.1 Å². The summed E-state index contributed by atoms with van der Waals surface area (Å²) in [5.74, 6) is -1.42. The molecule has 0 amide bonds. The molecule has 2 atom stereocenters. The van der Waals surface area contributed by atoms with Crippen molar-refractivity contribution >= 4 is 9.84 Å². The summed E-state index contributed by atoms with van der Waals surface area (Å²) in [6.07, 6.45) is 1.69. The molecule has 3 rings (SSSR count). The molecule has 8 heteroatoms. The second-order valence-electron chi connectivity index (χ2n) is 5.23. The number of nitrogens with zero attached hydrogens (tertiary/aromatic N) is 2. The van der Waals surface area contributed by atoms with Crippen molar-refractivity contribution in [3.8, 4) is 0 Å². The summed E-state index contributed by atoms with van der Waals surface area (Å²) in [6, 6.07) is 3.45. The normalized spacial score (nSPS) is 21.5. The molecule has 112 valence electrons. The van der Waals surface area contributed by atoms with E-state index in [0.29, 0.717) is 17.9 Å². The lowest BCUT2D eigenvalue weighted by molar-refractivity contribution is 0.373. The van der Waals surface area contributed by atoms with Gasteiger partial charge in [-0.15, -0.1) is 0 Å². The van der Waals surface area contributed by atoms with Gasteiger partial charge in [0.15, 0.2) is 15.7 Å². The third kappa shape index (κ3) is 3.10. The molecule has 0 unspecified atom stereocenters. The zero-order valence-corrected chi connectivity index (χ0v) is 11.9. The Balaban J connectivity index is 1.76. The van der Waals surface area contributed by atoms with Gasteiger partial charge in [-0.25, -0.2) is 17.2 Å². The van der Waals surface area contributed by atoms with E-state index in [1.807, 2.05) is 0 Å². The summed E-state index contributed by atoms with van der Waals surface area (Å²) < 4.78 is 53.9. The second kappa shape index (κ2) is 4.87. The summed E-state index contributed by atoms with van der Waals surface area (Å²) in [5, 5.41) is 3.61. The van der Waals surface area contributed by atoms with Crippen LogP contribution in [0, 0.1) is 11.6 Å². The van der Waals surface area contributed by atoms with E-state index in [-0.39, 0.29) is 23.4 Å². The van der Waals surface area contributed by atoms with Gasteiger partial charge in [-0.3, -0.25) is 0 Å². The lowest BCUT2D eigenvalue weighted by Gasteiger charge is -2.00. The van der Waals surface area contributed by atoms with Gasteiger partial charge in [0.1, 0.15) is 17.4 Å². The molecule has 0 bridgehead atoms. The highest BCUT2D eigenvalue weighted by atomic mass is 32.2. The van der Waals surface area contributed by atoms with E-state index in [0.717, 1.165) is 12.3 Å². The Hall–Kier alpha value is -1.83. The Labute approximate surface area is 119 Å². The van der Waals surface area contributed by atoms with Gasteiger partial charge in [-0.05, 0) is 24.0 Å². The molecule has 0 spiro atoms. The van der Waals surface area contributed by atoms with E-state index < -0.39 is 21.5 Å². The average molecular weight is 314 g/mol. The first-order valence-corrected chi connectivity index (χ1v) is 8.35. The fourth-order valence-corrected chi connectivity index (χ4v) is 2.91. The largest absolute Gasteiger partial charge is 0.339 e. The summed E-state index contributed by atoms with van der Waals surface area (Å²) in [5.41, 5.74) is 0.407.